The molecule has 0 heterocycles. The van der Waals surface area contributed by atoms with E-state index in [-0.39, 0.29) is 23.0 Å². The number of carbonyl (C=O) groups excluding carboxylic acids is 3. The van der Waals surface area contributed by atoms with Crippen molar-refractivity contribution in [3.05, 3.63) is 58.6 Å². The molecular formula is C21H18ClF3N4O4. The minimum atomic E-state index is -4.54. The number of carbonyl (C=O) groups is 3. The summed E-state index contributed by atoms with van der Waals surface area (Å²) < 4.78 is 43.8. The molecule has 0 atom stereocenters. The van der Waals surface area contributed by atoms with Crippen LogP contribution in [0.5, 0.6) is 5.75 Å². The number of amides is 3. The van der Waals surface area contributed by atoms with Crippen molar-refractivity contribution in [3.63, 3.8) is 0 Å². The third-order valence-corrected chi connectivity index (χ3v) is 4.53. The summed E-state index contributed by atoms with van der Waals surface area (Å²) in [6, 6.07) is 8.58. The van der Waals surface area contributed by atoms with Crippen molar-refractivity contribution in [2.45, 2.75) is 25.1 Å². The lowest BCUT2D eigenvalue weighted by molar-refractivity contribution is -0.139. The average molecular weight is 483 g/mol. The molecule has 0 saturated heterocycles. The fraction of sp³-hybridized carbons (Fsp3) is 0.238. The van der Waals surface area contributed by atoms with Crippen LogP contribution in [0.2, 0.25) is 5.02 Å². The van der Waals surface area contributed by atoms with E-state index in [1.807, 2.05) is 0 Å². The average Bonchev–Trinajstić information content (AvgIpc) is 3.56. The Labute approximate surface area is 191 Å². The molecule has 33 heavy (non-hydrogen) atoms. The van der Waals surface area contributed by atoms with E-state index >= 15 is 0 Å². The van der Waals surface area contributed by atoms with Gasteiger partial charge in [0.25, 0.3) is 5.91 Å². The Morgan fingerprint density at radius 1 is 1.12 bits per heavy atom. The van der Waals surface area contributed by atoms with Gasteiger partial charge in [0.2, 0.25) is 0 Å². The van der Waals surface area contributed by atoms with Gasteiger partial charge in [-0.1, -0.05) is 17.7 Å². The maximum atomic E-state index is 12.8. The van der Waals surface area contributed by atoms with Gasteiger partial charge in [-0.15, -0.1) is 0 Å². The molecule has 2 aromatic rings. The normalized spacial score (nSPS) is 13.5. The van der Waals surface area contributed by atoms with Crippen molar-refractivity contribution >= 4 is 41.2 Å². The van der Waals surface area contributed by atoms with Gasteiger partial charge in [0, 0.05) is 22.3 Å². The molecule has 1 aliphatic carbocycles. The first-order valence-corrected chi connectivity index (χ1v) is 10.0. The van der Waals surface area contributed by atoms with E-state index in [1.54, 1.807) is 0 Å². The lowest BCUT2D eigenvalue weighted by Gasteiger charge is -2.11. The van der Waals surface area contributed by atoms with Crippen molar-refractivity contribution in [1.82, 2.24) is 10.7 Å². The number of hydrazone groups is 1. The van der Waals surface area contributed by atoms with Crippen LogP contribution in [0, 0.1) is 0 Å². The molecule has 3 N–H and O–H groups in total. The smallest absolute Gasteiger partial charge is 0.416 e. The second-order valence-electron chi connectivity index (χ2n) is 7.04. The number of halogens is 4. The van der Waals surface area contributed by atoms with E-state index < -0.39 is 36.1 Å². The maximum Gasteiger partial charge on any atom is 0.416 e. The van der Waals surface area contributed by atoms with E-state index in [4.69, 9.17) is 16.3 Å². The van der Waals surface area contributed by atoms with Crippen molar-refractivity contribution < 1.29 is 32.3 Å². The first kappa shape index (κ1) is 24.1. The standard InChI is InChI=1S/C21H18ClF3N4O4/c22-14-4-7-17(12(8-14)10-26-29-20(32)19(31)28-15-5-6-15)33-11-18(30)27-16-3-1-2-13(9-16)21(23,24)25/h1-4,7-10,15H,5-6,11H2,(H,27,30)(H,28,31)(H,29,32)/b26-10-. The van der Waals surface area contributed by atoms with Crippen molar-refractivity contribution in [2.24, 2.45) is 5.10 Å². The predicted molar refractivity (Wildman–Crippen MR) is 114 cm³/mol. The van der Waals surface area contributed by atoms with E-state index in [2.05, 4.69) is 21.2 Å². The van der Waals surface area contributed by atoms with Crippen molar-refractivity contribution in [2.75, 3.05) is 11.9 Å². The highest BCUT2D eigenvalue weighted by Crippen LogP contribution is 2.30. The molecule has 0 aliphatic heterocycles. The molecular weight excluding hydrogens is 465 g/mol. The van der Waals surface area contributed by atoms with E-state index in [0.29, 0.717) is 5.02 Å². The lowest BCUT2D eigenvalue weighted by Crippen LogP contribution is -2.38. The van der Waals surface area contributed by atoms with Gasteiger partial charge in [-0.25, -0.2) is 5.43 Å². The molecule has 3 amide bonds. The summed E-state index contributed by atoms with van der Waals surface area (Å²) >= 11 is 5.95. The fourth-order valence-corrected chi connectivity index (χ4v) is 2.74. The van der Waals surface area contributed by atoms with Gasteiger partial charge in [0.1, 0.15) is 5.75 Å². The van der Waals surface area contributed by atoms with Crippen LogP contribution in [-0.2, 0) is 20.6 Å². The molecule has 174 valence electrons. The van der Waals surface area contributed by atoms with Gasteiger partial charge in [-0.3, -0.25) is 14.4 Å². The molecule has 1 fully saturated rings. The van der Waals surface area contributed by atoms with Crippen LogP contribution < -0.4 is 20.8 Å². The number of nitrogens with zero attached hydrogens (tertiary/aromatic N) is 1. The van der Waals surface area contributed by atoms with Crippen LogP contribution in [0.3, 0.4) is 0 Å². The summed E-state index contributed by atoms with van der Waals surface area (Å²) in [7, 11) is 0. The first-order valence-electron chi connectivity index (χ1n) is 9.65. The summed E-state index contributed by atoms with van der Waals surface area (Å²) in [6.45, 7) is -0.519. The molecule has 0 aromatic heterocycles. The van der Waals surface area contributed by atoms with Crippen LogP contribution >= 0.6 is 11.6 Å². The van der Waals surface area contributed by atoms with E-state index in [0.717, 1.165) is 25.0 Å². The Morgan fingerprint density at radius 2 is 1.88 bits per heavy atom. The summed E-state index contributed by atoms with van der Waals surface area (Å²) in [4.78, 5) is 35.4. The third kappa shape index (κ3) is 7.49. The minimum absolute atomic E-state index is 0.0160. The number of ether oxygens (including phenoxy) is 1. The van der Waals surface area contributed by atoms with Crippen molar-refractivity contribution in [1.29, 1.82) is 0 Å². The van der Waals surface area contributed by atoms with Crippen LogP contribution in [0.25, 0.3) is 0 Å². The van der Waals surface area contributed by atoms with Gasteiger partial charge in [-0.2, -0.15) is 18.3 Å². The molecule has 3 rings (SSSR count). The first-order chi connectivity index (χ1) is 15.6. The number of anilines is 1. The highest BCUT2D eigenvalue weighted by atomic mass is 35.5. The van der Waals surface area contributed by atoms with Crippen LogP contribution in [-0.4, -0.2) is 36.6 Å². The Balaban J connectivity index is 1.58. The summed E-state index contributed by atoms with van der Waals surface area (Å²) in [5.74, 6) is -2.28. The fourth-order valence-electron chi connectivity index (χ4n) is 2.56. The van der Waals surface area contributed by atoms with E-state index in [9.17, 15) is 27.6 Å². The van der Waals surface area contributed by atoms with Crippen molar-refractivity contribution in [3.8, 4) is 5.75 Å². The molecule has 8 nitrogen and oxygen atoms in total. The highest BCUT2D eigenvalue weighted by Gasteiger charge is 2.30. The second-order valence-corrected chi connectivity index (χ2v) is 7.48. The number of rotatable bonds is 7. The van der Waals surface area contributed by atoms with E-state index in [1.165, 1.54) is 36.5 Å². The molecule has 12 heteroatoms. The Bertz CT molecular complexity index is 1090. The van der Waals surface area contributed by atoms with Crippen LogP contribution in [0.4, 0.5) is 18.9 Å². The topological polar surface area (TPSA) is 109 Å². The monoisotopic (exact) mass is 482 g/mol. The molecule has 2 aromatic carbocycles. The predicted octanol–water partition coefficient (Wildman–Crippen LogP) is 3.11. The van der Waals surface area contributed by atoms with Gasteiger partial charge in [-0.05, 0) is 49.2 Å². The SMILES string of the molecule is O=C(COc1ccc(Cl)cc1/C=N\NC(=O)C(=O)NC1CC1)Nc1cccc(C(F)(F)F)c1. The van der Waals surface area contributed by atoms with Gasteiger partial charge >= 0.3 is 18.0 Å². The zero-order chi connectivity index (χ0) is 24.0. The minimum Gasteiger partial charge on any atom is -0.483 e. The molecule has 1 saturated carbocycles. The van der Waals surface area contributed by atoms with Gasteiger partial charge in [0.15, 0.2) is 6.61 Å². The van der Waals surface area contributed by atoms with Gasteiger partial charge < -0.3 is 15.4 Å². The van der Waals surface area contributed by atoms with Crippen LogP contribution in [0.1, 0.15) is 24.0 Å². The molecule has 0 bridgehead atoms. The Kier molecular flexibility index (Phi) is 7.54. The number of nitrogens with one attached hydrogen (secondary N) is 3. The number of hydrogen-bond donors (Lipinski definition) is 3. The maximum absolute atomic E-state index is 12.8. The van der Waals surface area contributed by atoms with Crippen LogP contribution in [0.15, 0.2) is 47.6 Å². The zero-order valence-electron chi connectivity index (χ0n) is 16.9. The molecule has 0 unspecified atom stereocenters. The molecule has 0 spiro atoms. The zero-order valence-corrected chi connectivity index (χ0v) is 17.7. The largest absolute Gasteiger partial charge is 0.483 e. The Hall–Kier alpha value is -3.60. The summed E-state index contributed by atoms with van der Waals surface area (Å²) in [5, 5.41) is 8.83. The second kappa shape index (κ2) is 10.3. The summed E-state index contributed by atoms with van der Waals surface area (Å²) in [5.41, 5.74) is 1.43. The number of hydrogen-bond acceptors (Lipinski definition) is 5. The third-order valence-electron chi connectivity index (χ3n) is 4.29. The summed E-state index contributed by atoms with van der Waals surface area (Å²) in [6.07, 6.45) is -1.71. The highest BCUT2D eigenvalue weighted by molar-refractivity contribution is 6.35. The lowest BCUT2D eigenvalue weighted by atomic mass is 10.2. The molecule has 0 radical (unpaired) electrons. The van der Waals surface area contributed by atoms with Gasteiger partial charge in [0.05, 0.1) is 11.8 Å². The Morgan fingerprint density at radius 3 is 2.58 bits per heavy atom. The number of benzene rings is 2. The molecule has 1 aliphatic rings. The quantitative estimate of drug-likeness (QED) is 0.320. The number of alkyl halides is 3.